The highest BCUT2D eigenvalue weighted by molar-refractivity contribution is 7.81. The Labute approximate surface area is 160 Å². The lowest BCUT2D eigenvalue weighted by Crippen LogP contribution is -2.45. The lowest BCUT2D eigenvalue weighted by Gasteiger charge is -2.27. The summed E-state index contributed by atoms with van der Waals surface area (Å²) in [4.78, 5) is 29.2. The summed E-state index contributed by atoms with van der Waals surface area (Å²) in [5, 5.41) is 0.109. The van der Waals surface area contributed by atoms with Crippen LogP contribution >= 0.6 is 12.6 Å². The first-order valence-electron chi connectivity index (χ1n) is 8.84. The lowest BCUT2D eigenvalue weighted by molar-refractivity contribution is -0.135. The highest BCUT2D eigenvalue weighted by atomic mass is 32.1. The first-order chi connectivity index (χ1) is 12.5. The molecule has 0 unspecified atom stereocenters. The first-order valence-corrected chi connectivity index (χ1v) is 9.35. The fourth-order valence-electron chi connectivity index (χ4n) is 3.40. The van der Waals surface area contributed by atoms with Gasteiger partial charge in [0.1, 0.15) is 0 Å². The number of likely N-dealkylation sites (N-methyl/N-ethyl adjacent to an activating group) is 1. The minimum atomic E-state index is -0.293. The lowest BCUT2D eigenvalue weighted by atomic mass is 10.1. The Morgan fingerprint density at radius 1 is 1.08 bits per heavy atom. The van der Waals surface area contributed by atoms with Crippen molar-refractivity contribution in [3.63, 3.8) is 0 Å². The van der Waals surface area contributed by atoms with Crippen LogP contribution in [0, 0.1) is 0 Å². The number of nitrogens with zero attached hydrogens (tertiary/aromatic N) is 2. The summed E-state index contributed by atoms with van der Waals surface area (Å²) in [6.45, 7) is 1.46. The molecule has 0 N–H and O–H groups in total. The maximum absolute atomic E-state index is 13.0. The van der Waals surface area contributed by atoms with Gasteiger partial charge in [-0.1, -0.05) is 60.7 Å². The number of hydrogen-bond acceptors (Lipinski definition) is 4. The number of carbonyl (C=O) groups is 2. The molecule has 0 bridgehead atoms. The number of rotatable bonds is 6. The molecule has 26 heavy (non-hydrogen) atoms. The second kappa shape index (κ2) is 8.52. The zero-order valence-electron chi connectivity index (χ0n) is 14.9. The molecule has 136 valence electrons. The monoisotopic (exact) mass is 368 g/mol. The third-order valence-corrected chi connectivity index (χ3v) is 5.12. The molecule has 4 nitrogen and oxygen atoms in total. The second-order valence-electron chi connectivity index (χ2n) is 6.80. The molecule has 2 aromatic rings. The minimum absolute atomic E-state index is 0.0385. The third kappa shape index (κ3) is 4.54. The van der Waals surface area contributed by atoms with Gasteiger partial charge in [-0.2, -0.15) is 12.6 Å². The molecule has 5 heteroatoms. The number of benzene rings is 2. The Balaban J connectivity index is 1.66. The van der Waals surface area contributed by atoms with E-state index in [9.17, 15) is 9.59 Å². The summed E-state index contributed by atoms with van der Waals surface area (Å²) in [7, 11) is 1.82. The zero-order chi connectivity index (χ0) is 18.5. The van der Waals surface area contributed by atoms with E-state index in [-0.39, 0.29) is 29.5 Å². The molecular weight excluding hydrogens is 344 g/mol. The van der Waals surface area contributed by atoms with Crippen LogP contribution in [-0.4, -0.2) is 52.9 Å². The third-order valence-electron chi connectivity index (χ3n) is 4.75. The van der Waals surface area contributed by atoms with Gasteiger partial charge in [-0.05, 0) is 12.0 Å². The molecule has 1 aliphatic rings. The van der Waals surface area contributed by atoms with Gasteiger partial charge in [0, 0.05) is 31.0 Å². The van der Waals surface area contributed by atoms with E-state index in [1.807, 2.05) is 72.6 Å². The van der Waals surface area contributed by atoms with E-state index in [0.29, 0.717) is 25.1 Å². The van der Waals surface area contributed by atoms with Crippen LogP contribution in [0.4, 0.5) is 0 Å². The standard InChI is InChI=1S/C21H24N2O2S/c1-22(13-16-8-4-2-5-9-16)21(25)19-12-18(26)14-23(19)15-20(24)17-10-6-3-7-11-17/h2-11,18-19,26H,12-15H2,1H3/t18-,19-/m1/s1. The Morgan fingerprint density at radius 3 is 2.35 bits per heavy atom. The molecule has 0 saturated carbocycles. The number of hydrogen-bond donors (Lipinski definition) is 1. The van der Waals surface area contributed by atoms with Crippen LogP contribution in [0.1, 0.15) is 22.3 Å². The molecule has 1 saturated heterocycles. The van der Waals surface area contributed by atoms with Gasteiger partial charge < -0.3 is 4.90 Å². The van der Waals surface area contributed by atoms with Crippen molar-refractivity contribution in [2.45, 2.75) is 24.3 Å². The van der Waals surface area contributed by atoms with Crippen molar-refractivity contribution in [2.24, 2.45) is 0 Å². The van der Waals surface area contributed by atoms with Crippen molar-refractivity contribution in [3.8, 4) is 0 Å². The van der Waals surface area contributed by atoms with Gasteiger partial charge in [0.15, 0.2) is 5.78 Å². The average molecular weight is 369 g/mol. The van der Waals surface area contributed by atoms with E-state index in [2.05, 4.69) is 12.6 Å². The van der Waals surface area contributed by atoms with Crippen LogP contribution in [-0.2, 0) is 11.3 Å². The summed E-state index contributed by atoms with van der Waals surface area (Å²) in [6, 6.07) is 18.9. The second-order valence-corrected chi connectivity index (χ2v) is 7.53. The molecule has 2 atom stereocenters. The van der Waals surface area contributed by atoms with Crippen molar-refractivity contribution >= 4 is 24.3 Å². The normalized spacial score (nSPS) is 20.1. The fraction of sp³-hybridized carbons (Fsp3) is 0.333. The molecular formula is C21H24N2O2S. The molecule has 1 amide bonds. The van der Waals surface area contributed by atoms with Gasteiger partial charge in [-0.3, -0.25) is 14.5 Å². The Morgan fingerprint density at radius 2 is 1.69 bits per heavy atom. The minimum Gasteiger partial charge on any atom is -0.340 e. The zero-order valence-corrected chi connectivity index (χ0v) is 15.8. The summed E-state index contributed by atoms with van der Waals surface area (Å²) in [5.41, 5.74) is 1.77. The molecule has 0 aromatic heterocycles. The molecule has 3 rings (SSSR count). The summed E-state index contributed by atoms with van der Waals surface area (Å²) in [6.07, 6.45) is 0.670. The van der Waals surface area contributed by atoms with Crippen molar-refractivity contribution in [1.29, 1.82) is 0 Å². The number of thiol groups is 1. The van der Waals surface area contributed by atoms with E-state index >= 15 is 0 Å². The van der Waals surface area contributed by atoms with Crippen molar-refractivity contribution in [1.82, 2.24) is 9.80 Å². The quantitative estimate of drug-likeness (QED) is 0.630. The van der Waals surface area contributed by atoms with E-state index in [1.54, 1.807) is 4.90 Å². The SMILES string of the molecule is CN(Cc1ccccc1)C(=O)[C@H]1C[C@@H](S)CN1CC(=O)c1ccccc1. The highest BCUT2D eigenvalue weighted by Crippen LogP contribution is 2.24. The van der Waals surface area contributed by atoms with Crippen LogP contribution in [0.25, 0.3) is 0 Å². The van der Waals surface area contributed by atoms with Crippen molar-refractivity contribution in [2.75, 3.05) is 20.1 Å². The number of likely N-dealkylation sites (tertiary alicyclic amines) is 1. The molecule has 2 aromatic carbocycles. The van der Waals surface area contributed by atoms with Gasteiger partial charge in [0.2, 0.25) is 5.91 Å². The largest absolute Gasteiger partial charge is 0.340 e. The number of carbonyl (C=O) groups excluding carboxylic acids is 2. The number of amides is 1. The molecule has 0 aliphatic carbocycles. The van der Waals surface area contributed by atoms with E-state index in [0.717, 1.165) is 5.56 Å². The van der Waals surface area contributed by atoms with E-state index in [4.69, 9.17) is 0 Å². The topological polar surface area (TPSA) is 40.6 Å². The van der Waals surface area contributed by atoms with Gasteiger partial charge in [-0.15, -0.1) is 0 Å². The molecule has 1 heterocycles. The fourth-order valence-corrected chi connectivity index (χ4v) is 3.81. The maximum Gasteiger partial charge on any atom is 0.240 e. The van der Waals surface area contributed by atoms with Gasteiger partial charge in [0.25, 0.3) is 0 Å². The van der Waals surface area contributed by atoms with Gasteiger partial charge in [-0.25, -0.2) is 0 Å². The van der Waals surface area contributed by atoms with Gasteiger partial charge >= 0.3 is 0 Å². The van der Waals surface area contributed by atoms with Crippen LogP contribution in [0.2, 0.25) is 0 Å². The predicted octanol–water partition coefficient (Wildman–Crippen LogP) is 2.90. The Bertz CT molecular complexity index is 751. The molecule has 0 spiro atoms. The first kappa shape index (κ1) is 18.7. The summed E-state index contributed by atoms with van der Waals surface area (Å²) in [5.74, 6) is 0.0859. The maximum atomic E-state index is 13.0. The van der Waals surface area contributed by atoms with Crippen LogP contribution in [0.15, 0.2) is 60.7 Å². The van der Waals surface area contributed by atoms with Gasteiger partial charge in [0.05, 0.1) is 12.6 Å². The summed E-state index contributed by atoms with van der Waals surface area (Å²) >= 11 is 4.56. The highest BCUT2D eigenvalue weighted by Gasteiger charge is 2.37. The number of Topliss-reactive ketones (excluding diaryl/α,β-unsaturated/α-hetero) is 1. The van der Waals surface area contributed by atoms with Crippen molar-refractivity contribution in [3.05, 3.63) is 71.8 Å². The molecule has 0 radical (unpaired) electrons. The van der Waals surface area contributed by atoms with Crippen LogP contribution in [0.5, 0.6) is 0 Å². The molecule has 1 fully saturated rings. The predicted molar refractivity (Wildman–Crippen MR) is 106 cm³/mol. The van der Waals surface area contributed by atoms with Crippen molar-refractivity contribution < 1.29 is 9.59 Å². The summed E-state index contributed by atoms with van der Waals surface area (Å²) < 4.78 is 0. The van der Waals surface area contributed by atoms with Crippen LogP contribution in [0.3, 0.4) is 0 Å². The van der Waals surface area contributed by atoms with E-state index < -0.39 is 0 Å². The molecule has 1 aliphatic heterocycles. The van der Waals surface area contributed by atoms with Crippen LogP contribution < -0.4 is 0 Å². The smallest absolute Gasteiger partial charge is 0.240 e. The Kier molecular flexibility index (Phi) is 6.12. The average Bonchev–Trinajstić information content (AvgIpc) is 3.02. The van der Waals surface area contributed by atoms with E-state index in [1.165, 1.54) is 0 Å². The number of ketones is 1. The Hall–Kier alpha value is -2.11.